The zero-order chi connectivity index (χ0) is 22.4. The van der Waals surface area contributed by atoms with Gasteiger partial charge in [-0.25, -0.2) is 4.39 Å². The molecule has 0 aliphatic heterocycles. The van der Waals surface area contributed by atoms with Crippen molar-refractivity contribution in [3.05, 3.63) is 52.5 Å². The Morgan fingerprint density at radius 2 is 2.23 bits per heavy atom. The van der Waals surface area contributed by atoms with Crippen LogP contribution in [0, 0.1) is 5.82 Å². The minimum Gasteiger partial charge on any atom is -0.481 e. The van der Waals surface area contributed by atoms with E-state index in [9.17, 15) is 9.18 Å². The Bertz CT molecular complexity index is 1070. The van der Waals surface area contributed by atoms with Crippen molar-refractivity contribution in [1.29, 1.82) is 0 Å². The standard InChI is InChI=1S/C19H20ClFN6O2S2/c1-4-8-27-17(11(3)29-14-7-6-12(21)9-13(14)20)24-26-19(27)30-10-15(28)22-18-25-23-16(5-2)31-18/h4,6-7,9,11H,1,5,8,10H2,2-3H3,(H,22,25,28). The molecule has 1 aromatic carbocycles. The summed E-state index contributed by atoms with van der Waals surface area (Å²) < 4.78 is 20.9. The number of benzene rings is 1. The molecular formula is C19H20ClFN6O2S2. The number of nitrogens with zero attached hydrogens (tertiary/aromatic N) is 5. The van der Waals surface area contributed by atoms with Crippen LogP contribution in [0.3, 0.4) is 0 Å². The van der Waals surface area contributed by atoms with Crippen LogP contribution in [0.5, 0.6) is 5.75 Å². The topological polar surface area (TPSA) is 94.8 Å². The number of aryl methyl sites for hydroxylation is 1. The molecule has 1 unspecified atom stereocenters. The van der Waals surface area contributed by atoms with Crippen LogP contribution in [-0.2, 0) is 17.8 Å². The van der Waals surface area contributed by atoms with Crippen LogP contribution >= 0.6 is 34.7 Å². The molecule has 8 nitrogen and oxygen atoms in total. The van der Waals surface area contributed by atoms with Crippen molar-refractivity contribution >= 4 is 45.7 Å². The molecule has 0 saturated carbocycles. The molecule has 2 aromatic heterocycles. The van der Waals surface area contributed by atoms with Crippen molar-refractivity contribution in [2.75, 3.05) is 11.1 Å². The van der Waals surface area contributed by atoms with Gasteiger partial charge < -0.3 is 4.74 Å². The highest BCUT2D eigenvalue weighted by Crippen LogP contribution is 2.30. The van der Waals surface area contributed by atoms with Gasteiger partial charge in [-0.05, 0) is 31.5 Å². The Morgan fingerprint density at radius 3 is 2.90 bits per heavy atom. The van der Waals surface area contributed by atoms with Gasteiger partial charge in [-0.3, -0.25) is 14.7 Å². The highest BCUT2D eigenvalue weighted by Gasteiger charge is 2.21. The largest absolute Gasteiger partial charge is 0.481 e. The number of rotatable bonds is 10. The Morgan fingerprint density at radius 1 is 1.42 bits per heavy atom. The summed E-state index contributed by atoms with van der Waals surface area (Å²) in [6, 6.07) is 3.91. The molecule has 1 atom stereocenters. The predicted molar refractivity (Wildman–Crippen MR) is 119 cm³/mol. The molecule has 0 radical (unpaired) electrons. The summed E-state index contributed by atoms with van der Waals surface area (Å²) in [6.45, 7) is 7.94. The molecule has 3 aromatic rings. The van der Waals surface area contributed by atoms with Crippen LogP contribution in [0.25, 0.3) is 0 Å². The Balaban J connectivity index is 1.67. The third-order valence-electron chi connectivity index (χ3n) is 3.97. The Hall–Kier alpha value is -2.50. The molecule has 0 spiro atoms. The minimum atomic E-state index is -0.521. The van der Waals surface area contributed by atoms with E-state index in [0.717, 1.165) is 11.4 Å². The molecule has 164 valence electrons. The predicted octanol–water partition coefficient (Wildman–Crippen LogP) is 4.54. The quantitative estimate of drug-likeness (QED) is 0.334. The Labute approximate surface area is 191 Å². The molecular weight excluding hydrogens is 463 g/mol. The third kappa shape index (κ3) is 6.02. The number of anilines is 1. The average Bonchev–Trinajstić information content (AvgIpc) is 3.35. The van der Waals surface area contributed by atoms with Crippen LogP contribution in [0.15, 0.2) is 36.0 Å². The second kappa shape index (κ2) is 10.7. The van der Waals surface area contributed by atoms with Crippen molar-refractivity contribution in [1.82, 2.24) is 25.0 Å². The van der Waals surface area contributed by atoms with E-state index < -0.39 is 11.9 Å². The summed E-state index contributed by atoms with van der Waals surface area (Å²) >= 11 is 8.62. The summed E-state index contributed by atoms with van der Waals surface area (Å²) in [5.74, 6) is 0.313. The van der Waals surface area contributed by atoms with Crippen molar-refractivity contribution in [2.24, 2.45) is 0 Å². The first-order valence-electron chi connectivity index (χ1n) is 9.32. The maximum absolute atomic E-state index is 13.3. The SMILES string of the molecule is C=CCn1c(SCC(=O)Nc2nnc(CC)s2)nnc1C(C)Oc1ccc(F)cc1Cl. The number of amides is 1. The summed E-state index contributed by atoms with van der Waals surface area (Å²) in [6.07, 6.45) is 1.94. The number of halogens is 2. The minimum absolute atomic E-state index is 0.120. The highest BCUT2D eigenvalue weighted by atomic mass is 35.5. The molecule has 12 heteroatoms. The molecule has 0 aliphatic carbocycles. The number of hydrogen-bond acceptors (Lipinski definition) is 8. The molecule has 0 aliphatic rings. The number of carbonyl (C=O) groups is 1. The molecule has 1 N–H and O–H groups in total. The third-order valence-corrected chi connectivity index (χ3v) is 6.21. The maximum atomic E-state index is 13.3. The lowest BCUT2D eigenvalue weighted by Gasteiger charge is -2.16. The van der Waals surface area contributed by atoms with E-state index in [1.807, 2.05) is 6.92 Å². The van der Waals surface area contributed by atoms with Gasteiger partial charge in [0.05, 0.1) is 10.8 Å². The maximum Gasteiger partial charge on any atom is 0.236 e. The van der Waals surface area contributed by atoms with E-state index in [1.54, 1.807) is 17.6 Å². The fourth-order valence-electron chi connectivity index (χ4n) is 2.55. The van der Waals surface area contributed by atoms with E-state index in [0.29, 0.717) is 28.4 Å². The second-order valence-corrected chi connectivity index (χ2v) is 8.68. The van der Waals surface area contributed by atoms with Crippen LogP contribution in [-0.4, -0.2) is 36.6 Å². The number of ether oxygens (including phenoxy) is 1. The molecule has 31 heavy (non-hydrogen) atoms. The summed E-state index contributed by atoms with van der Waals surface area (Å²) in [7, 11) is 0. The first kappa shape index (κ1) is 23.2. The van der Waals surface area contributed by atoms with Gasteiger partial charge in [-0.1, -0.05) is 47.7 Å². The first-order chi connectivity index (χ1) is 14.9. The van der Waals surface area contributed by atoms with Crippen LogP contribution in [0.1, 0.15) is 30.8 Å². The summed E-state index contributed by atoms with van der Waals surface area (Å²) in [4.78, 5) is 12.3. The normalized spacial score (nSPS) is 11.9. The van der Waals surface area contributed by atoms with Crippen LogP contribution in [0.4, 0.5) is 9.52 Å². The van der Waals surface area contributed by atoms with Crippen molar-refractivity contribution in [3.8, 4) is 5.75 Å². The van der Waals surface area contributed by atoms with Crippen molar-refractivity contribution in [2.45, 2.75) is 38.1 Å². The van der Waals surface area contributed by atoms with Gasteiger partial charge in [0.25, 0.3) is 0 Å². The van der Waals surface area contributed by atoms with Crippen molar-refractivity contribution in [3.63, 3.8) is 0 Å². The van der Waals surface area contributed by atoms with E-state index in [4.69, 9.17) is 16.3 Å². The number of nitrogens with one attached hydrogen (secondary N) is 1. The zero-order valence-electron chi connectivity index (χ0n) is 16.8. The lowest BCUT2D eigenvalue weighted by Crippen LogP contribution is -2.15. The van der Waals surface area contributed by atoms with Gasteiger partial charge in [0.15, 0.2) is 17.1 Å². The average molecular weight is 483 g/mol. The molecule has 2 heterocycles. The smallest absolute Gasteiger partial charge is 0.236 e. The van der Waals surface area contributed by atoms with Gasteiger partial charge in [0, 0.05) is 6.54 Å². The van der Waals surface area contributed by atoms with Crippen LogP contribution in [0.2, 0.25) is 5.02 Å². The van der Waals surface area contributed by atoms with Gasteiger partial charge in [-0.2, -0.15) is 0 Å². The second-order valence-electron chi connectivity index (χ2n) is 6.27. The summed E-state index contributed by atoms with van der Waals surface area (Å²) in [5, 5.41) is 21.1. The monoisotopic (exact) mass is 482 g/mol. The van der Waals surface area contributed by atoms with Gasteiger partial charge in [0.1, 0.15) is 16.6 Å². The van der Waals surface area contributed by atoms with Gasteiger partial charge in [-0.15, -0.1) is 27.0 Å². The molecule has 3 rings (SSSR count). The van der Waals surface area contributed by atoms with Crippen LogP contribution < -0.4 is 10.1 Å². The molecule has 0 saturated heterocycles. The molecule has 0 bridgehead atoms. The van der Waals surface area contributed by atoms with E-state index in [-0.39, 0.29) is 16.7 Å². The fourth-order valence-corrected chi connectivity index (χ4v) is 4.22. The number of carbonyl (C=O) groups excluding carboxylic acids is 1. The number of allylic oxidation sites excluding steroid dienone is 1. The van der Waals surface area contributed by atoms with Crippen molar-refractivity contribution < 1.29 is 13.9 Å². The Kier molecular flexibility index (Phi) is 7.99. The lowest BCUT2D eigenvalue weighted by atomic mass is 10.3. The van der Waals surface area contributed by atoms with E-state index in [1.165, 1.54) is 41.3 Å². The molecule has 1 amide bonds. The van der Waals surface area contributed by atoms with E-state index in [2.05, 4.69) is 32.3 Å². The van der Waals surface area contributed by atoms with Gasteiger partial charge >= 0.3 is 0 Å². The summed E-state index contributed by atoms with van der Waals surface area (Å²) in [5.41, 5.74) is 0. The number of hydrogen-bond donors (Lipinski definition) is 1. The fraction of sp³-hybridized carbons (Fsp3) is 0.316. The van der Waals surface area contributed by atoms with Gasteiger partial charge in [0.2, 0.25) is 11.0 Å². The zero-order valence-corrected chi connectivity index (χ0v) is 19.2. The first-order valence-corrected chi connectivity index (χ1v) is 11.5. The number of thioether (sulfide) groups is 1. The van der Waals surface area contributed by atoms with E-state index >= 15 is 0 Å². The molecule has 0 fully saturated rings. The highest BCUT2D eigenvalue weighted by molar-refractivity contribution is 7.99. The lowest BCUT2D eigenvalue weighted by molar-refractivity contribution is -0.113. The number of aromatic nitrogens is 5.